The van der Waals surface area contributed by atoms with Gasteiger partial charge in [-0.15, -0.1) is 11.3 Å². The van der Waals surface area contributed by atoms with Gasteiger partial charge in [0.1, 0.15) is 0 Å². The van der Waals surface area contributed by atoms with Crippen LogP contribution in [0.4, 0.5) is 0 Å². The highest BCUT2D eigenvalue weighted by Gasteiger charge is 2.14. The van der Waals surface area contributed by atoms with Gasteiger partial charge in [0.2, 0.25) is 0 Å². The smallest absolute Gasteiger partial charge is 0.199 e. The number of hydrogen-bond donors (Lipinski definition) is 0. The first kappa shape index (κ1) is 14.3. The molecule has 0 N–H and O–H groups in total. The van der Waals surface area contributed by atoms with Gasteiger partial charge in [0.15, 0.2) is 10.1 Å². The summed E-state index contributed by atoms with van der Waals surface area (Å²) in [4.78, 5) is 18.9. The second-order valence-corrected chi connectivity index (χ2v) is 7.03. The Balaban J connectivity index is 2.84. The maximum atomic E-state index is 11.9. The van der Waals surface area contributed by atoms with Crippen LogP contribution >= 0.6 is 23.1 Å². The van der Waals surface area contributed by atoms with Crippen LogP contribution in [0.2, 0.25) is 0 Å². The fourth-order valence-electron chi connectivity index (χ4n) is 1.14. The lowest BCUT2D eigenvalue weighted by Crippen LogP contribution is -2.02. The van der Waals surface area contributed by atoms with Crippen molar-refractivity contribution in [2.24, 2.45) is 0 Å². The summed E-state index contributed by atoms with van der Waals surface area (Å²) in [7, 11) is 3.78. The molecule has 0 amide bonds. The second-order valence-electron chi connectivity index (χ2n) is 4.20. The third-order valence-corrected chi connectivity index (χ3v) is 4.13. The van der Waals surface area contributed by atoms with Crippen LogP contribution in [0.1, 0.15) is 29.2 Å². The lowest BCUT2D eigenvalue weighted by Gasteiger charge is -2.01. The molecule has 1 aromatic heterocycles. The highest BCUT2D eigenvalue weighted by Crippen LogP contribution is 2.30. The van der Waals surface area contributed by atoms with Crippen molar-refractivity contribution in [3.05, 3.63) is 22.8 Å². The second kappa shape index (κ2) is 6.21. The molecule has 0 aliphatic rings. The van der Waals surface area contributed by atoms with Crippen molar-refractivity contribution in [2.45, 2.75) is 30.4 Å². The molecular weight excluding hydrogens is 252 g/mol. The van der Waals surface area contributed by atoms with Gasteiger partial charge in [0.25, 0.3) is 0 Å². The minimum absolute atomic E-state index is 0.0318. The normalized spacial score (nSPS) is 11.4. The highest BCUT2D eigenvalue weighted by molar-refractivity contribution is 8.01. The lowest BCUT2D eigenvalue weighted by atomic mass is 10.3. The lowest BCUT2D eigenvalue weighted by molar-refractivity contribution is 0.104. The number of rotatable bonds is 5. The maximum absolute atomic E-state index is 11.9. The molecular formula is C12H18N2OS2. The molecule has 0 aromatic carbocycles. The molecule has 0 aliphatic heterocycles. The molecule has 5 heteroatoms. The Morgan fingerprint density at radius 3 is 2.65 bits per heavy atom. The molecule has 1 aromatic rings. The number of carbonyl (C=O) groups excluding carboxylic acids is 1. The SMILES string of the molecule is Cc1nc(SC(C)C)sc1C(=O)/C=C/N(C)C. The van der Waals surface area contributed by atoms with Crippen molar-refractivity contribution in [1.29, 1.82) is 0 Å². The van der Waals surface area contributed by atoms with Crippen molar-refractivity contribution in [3.8, 4) is 0 Å². The first-order chi connectivity index (χ1) is 7.90. The Labute approximate surface area is 111 Å². The van der Waals surface area contributed by atoms with Crippen molar-refractivity contribution < 1.29 is 4.79 Å². The van der Waals surface area contributed by atoms with E-state index >= 15 is 0 Å². The van der Waals surface area contributed by atoms with Gasteiger partial charge in [-0.2, -0.15) is 0 Å². The Morgan fingerprint density at radius 2 is 2.12 bits per heavy atom. The van der Waals surface area contributed by atoms with E-state index in [0.29, 0.717) is 5.25 Å². The molecule has 0 aliphatic carbocycles. The predicted octanol–water partition coefficient (Wildman–Crippen LogP) is 3.21. The summed E-state index contributed by atoms with van der Waals surface area (Å²) in [6.07, 6.45) is 3.35. The van der Waals surface area contributed by atoms with Crippen molar-refractivity contribution in [1.82, 2.24) is 9.88 Å². The van der Waals surface area contributed by atoms with Gasteiger partial charge in [0.05, 0.1) is 10.6 Å². The van der Waals surface area contributed by atoms with Crippen LogP contribution in [0.15, 0.2) is 16.6 Å². The number of thioether (sulfide) groups is 1. The standard InChI is InChI=1S/C12H18N2OS2/c1-8(2)16-12-13-9(3)11(17-12)10(15)6-7-14(4)5/h6-8H,1-5H3/b7-6+. The summed E-state index contributed by atoms with van der Waals surface area (Å²) in [5.41, 5.74) is 0.826. The number of hydrogen-bond acceptors (Lipinski definition) is 5. The zero-order valence-corrected chi connectivity index (χ0v) is 12.5. The minimum atomic E-state index is 0.0318. The molecule has 0 bridgehead atoms. The number of nitrogens with zero attached hydrogens (tertiary/aromatic N) is 2. The molecule has 1 heterocycles. The van der Waals surface area contributed by atoms with Gasteiger partial charge in [-0.25, -0.2) is 4.98 Å². The molecule has 0 saturated carbocycles. The molecule has 0 fully saturated rings. The molecule has 0 radical (unpaired) electrons. The Hall–Kier alpha value is -0.810. The molecule has 1 rings (SSSR count). The number of aryl methyl sites for hydroxylation is 1. The average Bonchev–Trinajstić information content (AvgIpc) is 2.54. The molecule has 3 nitrogen and oxygen atoms in total. The van der Waals surface area contributed by atoms with E-state index in [-0.39, 0.29) is 5.78 Å². The van der Waals surface area contributed by atoms with Crippen LogP contribution in [0.25, 0.3) is 0 Å². The molecule has 0 spiro atoms. The third kappa shape index (κ3) is 4.52. The fourth-order valence-corrected chi connectivity index (χ4v) is 3.48. The van der Waals surface area contributed by atoms with E-state index in [1.165, 1.54) is 11.3 Å². The van der Waals surface area contributed by atoms with E-state index in [9.17, 15) is 4.79 Å². The third-order valence-electron chi connectivity index (χ3n) is 1.86. The number of ketones is 1. The topological polar surface area (TPSA) is 33.2 Å². The van der Waals surface area contributed by atoms with Gasteiger partial charge < -0.3 is 4.90 Å². The van der Waals surface area contributed by atoms with E-state index in [1.807, 2.05) is 25.9 Å². The number of carbonyl (C=O) groups is 1. The van der Waals surface area contributed by atoms with E-state index in [0.717, 1.165) is 14.9 Å². The first-order valence-electron chi connectivity index (χ1n) is 5.43. The summed E-state index contributed by atoms with van der Waals surface area (Å²) in [5, 5.41) is 0.487. The summed E-state index contributed by atoms with van der Waals surface area (Å²) < 4.78 is 0.971. The average molecular weight is 270 g/mol. The quantitative estimate of drug-likeness (QED) is 0.467. The van der Waals surface area contributed by atoms with Crippen molar-refractivity contribution in [2.75, 3.05) is 14.1 Å². The van der Waals surface area contributed by atoms with Gasteiger partial charge in [0, 0.05) is 31.6 Å². The Bertz CT molecular complexity index is 422. The largest absolute Gasteiger partial charge is 0.383 e. The maximum Gasteiger partial charge on any atom is 0.199 e. The van der Waals surface area contributed by atoms with Crippen LogP contribution in [-0.4, -0.2) is 35.0 Å². The number of aromatic nitrogens is 1. The number of allylic oxidation sites excluding steroid dienone is 1. The highest BCUT2D eigenvalue weighted by atomic mass is 32.2. The van der Waals surface area contributed by atoms with Gasteiger partial charge in [-0.3, -0.25) is 4.79 Å². The summed E-state index contributed by atoms with van der Waals surface area (Å²) in [6.45, 7) is 6.13. The predicted molar refractivity (Wildman–Crippen MR) is 75.0 cm³/mol. The van der Waals surface area contributed by atoms with Gasteiger partial charge >= 0.3 is 0 Å². The molecule has 0 saturated heterocycles. The zero-order chi connectivity index (χ0) is 13.0. The zero-order valence-electron chi connectivity index (χ0n) is 10.9. The summed E-state index contributed by atoms with van der Waals surface area (Å²) >= 11 is 3.18. The summed E-state index contributed by atoms with van der Waals surface area (Å²) in [5.74, 6) is 0.0318. The van der Waals surface area contributed by atoms with E-state index < -0.39 is 0 Å². The van der Waals surface area contributed by atoms with Crippen LogP contribution in [0, 0.1) is 6.92 Å². The Kier molecular flexibility index (Phi) is 5.21. The van der Waals surface area contributed by atoms with Crippen LogP contribution < -0.4 is 0 Å². The minimum Gasteiger partial charge on any atom is -0.383 e. The van der Waals surface area contributed by atoms with Gasteiger partial charge in [-0.05, 0) is 6.92 Å². The summed E-state index contributed by atoms with van der Waals surface area (Å²) in [6, 6.07) is 0. The number of thiazole rings is 1. The van der Waals surface area contributed by atoms with Crippen molar-refractivity contribution in [3.63, 3.8) is 0 Å². The Morgan fingerprint density at radius 1 is 1.47 bits per heavy atom. The van der Waals surface area contributed by atoms with E-state index in [4.69, 9.17) is 0 Å². The van der Waals surface area contributed by atoms with Crippen LogP contribution in [0.5, 0.6) is 0 Å². The van der Waals surface area contributed by atoms with Crippen molar-refractivity contribution >= 4 is 28.9 Å². The van der Waals surface area contributed by atoms with Crippen LogP contribution in [-0.2, 0) is 0 Å². The van der Waals surface area contributed by atoms with E-state index in [1.54, 1.807) is 24.0 Å². The molecule has 0 atom stereocenters. The molecule has 0 unspecified atom stereocenters. The molecule has 94 valence electrons. The van der Waals surface area contributed by atoms with E-state index in [2.05, 4.69) is 18.8 Å². The van der Waals surface area contributed by atoms with Gasteiger partial charge in [-0.1, -0.05) is 25.6 Å². The monoisotopic (exact) mass is 270 g/mol. The molecule has 17 heavy (non-hydrogen) atoms. The van der Waals surface area contributed by atoms with Crippen LogP contribution in [0.3, 0.4) is 0 Å². The first-order valence-corrected chi connectivity index (χ1v) is 7.12. The fraction of sp³-hybridized carbons (Fsp3) is 0.500.